The maximum atomic E-state index is 11.6. The van der Waals surface area contributed by atoms with E-state index in [4.69, 9.17) is 4.74 Å². The third-order valence-corrected chi connectivity index (χ3v) is 2.81. The first-order valence-electron chi connectivity index (χ1n) is 6.18. The largest absolute Gasteiger partial charge is 0.364 e. The van der Waals surface area contributed by atoms with Crippen LogP contribution in [0.2, 0.25) is 0 Å². The van der Waals surface area contributed by atoms with E-state index >= 15 is 0 Å². The van der Waals surface area contributed by atoms with Crippen molar-refractivity contribution in [1.82, 2.24) is 10.6 Å². The Kier molecular flexibility index (Phi) is 5.22. The van der Waals surface area contributed by atoms with Crippen molar-refractivity contribution in [2.45, 2.75) is 64.8 Å². The van der Waals surface area contributed by atoms with Gasteiger partial charge in [-0.1, -0.05) is 0 Å². The molecule has 0 saturated carbocycles. The van der Waals surface area contributed by atoms with E-state index in [-0.39, 0.29) is 24.2 Å². The van der Waals surface area contributed by atoms with Gasteiger partial charge in [-0.2, -0.15) is 0 Å². The summed E-state index contributed by atoms with van der Waals surface area (Å²) >= 11 is 0. The molecule has 94 valence electrons. The van der Waals surface area contributed by atoms with Gasteiger partial charge in [0.2, 0.25) is 5.91 Å². The van der Waals surface area contributed by atoms with Crippen LogP contribution < -0.4 is 10.6 Å². The number of hydrogen-bond donors (Lipinski definition) is 2. The first-order chi connectivity index (χ1) is 7.49. The lowest BCUT2D eigenvalue weighted by Crippen LogP contribution is -2.45. The van der Waals surface area contributed by atoms with Gasteiger partial charge in [-0.3, -0.25) is 4.79 Å². The Bertz CT molecular complexity index is 223. The first kappa shape index (κ1) is 13.5. The van der Waals surface area contributed by atoms with Crippen LogP contribution in [0.15, 0.2) is 0 Å². The van der Waals surface area contributed by atoms with Crippen LogP contribution in [0, 0.1) is 0 Å². The van der Waals surface area contributed by atoms with Crippen molar-refractivity contribution < 1.29 is 9.53 Å². The molecule has 1 amide bonds. The van der Waals surface area contributed by atoms with Gasteiger partial charge in [0.1, 0.15) is 6.10 Å². The minimum absolute atomic E-state index is 0.0198. The van der Waals surface area contributed by atoms with E-state index in [0.717, 1.165) is 19.4 Å². The maximum absolute atomic E-state index is 11.6. The molecule has 0 spiro atoms. The highest BCUT2D eigenvalue weighted by molar-refractivity contribution is 5.80. The number of amides is 1. The van der Waals surface area contributed by atoms with Crippen molar-refractivity contribution in [3.63, 3.8) is 0 Å². The van der Waals surface area contributed by atoms with E-state index in [1.807, 2.05) is 20.8 Å². The van der Waals surface area contributed by atoms with Crippen molar-refractivity contribution in [3.05, 3.63) is 0 Å². The Labute approximate surface area is 98.1 Å². The maximum Gasteiger partial charge on any atom is 0.249 e. The normalized spacial score (nSPS) is 27.8. The molecule has 4 heteroatoms. The van der Waals surface area contributed by atoms with Crippen LogP contribution in [0.4, 0.5) is 0 Å². The van der Waals surface area contributed by atoms with E-state index in [1.165, 1.54) is 0 Å². The molecule has 1 aliphatic heterocycles. The van der Waals surface area contributed by atoms with Crippen LogP contribution in [-0.4, -0.2) is 36.7 Å². The van der Waals surface area contributed by atoms with Crippen LogP contribution in [0.3, 0.4) is 0 Å². The number of piperidine rings is 1. The molecule has 1 saturated heterocycles. The van der Waals surface area contributed by atoms with Crippen molar-refractivity contribution >= 4 is 5.91 Å². The molecule has 3 unspecified atom stereocenters. The number of ether oxygens (including phenoxy) is 1. The van der Waals surface area contributed by atoms with E-state index in [9.17, 15) is 4.79 Å². The zero-order valence-electron chi connectivity index (χ0n) is 10.7. The molecule has 1 aliphatic rings. The lowest BCUT2D eigenvalue weighted by atomic mass is 10.0. The van der Waals surface area contributed by atoms with Crippen LogP contribution in [0.25, 0.3) is 0 Å². The predicted molar refractivity (Wildman–Crippen MR) is 64.3 cm³/mol. The average molecular weight is 228 g/mol. The minimum atomic E-state index is -0.359. The summed E-state index contributed by atoms with van der Waals surface area (Å²) in [4.78, 5) is 11.6. The monoisotopic (exact) mass is 228 g/mol. The smallest absolute Gasteiger partial charge is 0.249 e. The topological polar surface area (TPSA) is 50.4 Å². The molecule has 0 aliphatic carbocycles. The minimum Gasteiger partial charge on any atom is -0.364 e. The number of carbonyl (C=O) groups excluding carboxylic acids is 1. The molecule has 0 aromatic heterocycles. The summed E-state index contributed by atoms with van der Waals surface area (Å²) < 4.78 is 5.73. The van der Waals surface area contributed by atoms with Crippen molar-refractivity contribution in [1.29, 1.82) is 0 Å². The SMILES string of the molecule is CC(C)NC(=O)C(C)OC1CCC(C)NC1. The van der Waals surface area contributed by atoms with Gasteiger partial charge in [-0.25, -0.2) is 0 Å². The summed E-state index contributed by atoms with van der Waals surface area (Å²) in [5.74, 6) is -0.0198. The molecule has 1 rings (SSSR count). The Hall–Kier alpha value is -0.610. The van der Waals surface area contributed by atoms with Gasteiger partial charge in [-0.05, 0) is 40.5 Å². The van der Waals surface area contributed by atoms with Gasteiger partial charge in [0, 0.05) is 18.6 Å². The first-order valence-corrected chi connectivity index (χ1v) is 6.18. The fraction of sp³-hybridized carbons (Fsp3) is 0.917. The molecule has 0 aromatic rings. The van der Waals surface area contributed by atoms with Gasteiger partial charge in [-0.15, -0.1) is 0 Å². The Morgan fingerprint density at radius 3 is 2.56 bits per heavy atom. The van der Waals surface area contributed by atoms with E-state index < -0.39 is 0 Å². The highest BCUT2D eigenvalue weighted by Gasteiger charge is 2.23. The molecule has 1 heterocycles. The number of nitrogens with one attached hydrogen (secondary N) is 2. The molecule has 3 atom stereocenters. The van der Waals surface area contributed by atoms with Gasteiger partial charge in [0.25, 0.3) is 0 Å². The summed E-state index contributed by atoms with van der Waals surface area (Å²) in [6.07, 6.45) is 1.96. The van der Waals surface area contributed by atoms with Crippen LogP contribution in [-0.2, 0) is 9.53 Å². The number of rotatable bonds is 4. The third-order valence-electron chi connectivity index (χ3n) is 2.81. The summed E-state index contributed by atoms with van der Waals surface area (Å²) in [6.45, 7) is 8.74. The molecular weight excluding hydrogens is 204 g/mol. The quantitative estimate of drug-likeness (QED) is 0.756. The van der Waals surface area contributed by atoms with Gasteiger partial charge in [0.05, 0.1) is 6.10 Å². The molecule has 0 bridgehead atoms. The zero-order valence-corrected chi connectivity index (χ0v) is 10.7. The van der Waals surface area contributed by atoms with E-state index in [2.05, 4.69) is 17.6 Å². The molecule has 4 nitrogen and oxygen atoms in total. The van der Waals surface area contributed by atoms with Gasteiger partial charge in [0.15, 0.2) is 0 Å². The fourth-order valence-electron chi connectivity index (χ4n) is 1.84. The Morgan fingerprint density at radius 1 is 1.38 bits per heavy atom. The molecule has 1 fully saturated rings. The summed E-state index contributed by atoms with van der Waals surface area (Å²) in [6, 6.07) is 0.739. The van der Waals surface area contributed by atoms with Crippen molar-refractivity contribution in [2.24, 2.45) is 0 Å². The fourth-order valence-corrected chi connectivity index (χ4v) is 1.84. The summed E-state index contributed by atoms with van der Waals surface area (Å²) in [7, 11) is 0. The highest BCUT2D eigenvalue weighted by atomic mass is 16.5. The lowest BCUT2D eigenvalue weighted by Gasteiger charge is -2.29. The second-order valence-electron chi connectivity index (χ2n) is 4.95. The van der Waals surface area contributed by atoms with E-state index in [0.29, 0.717) is 6.04 Å². The van der Waals surface area contributed by atoms with Crippen molar-refractivity contribution in [3.8, 4) is 0 Å². The standard InChI is InChI=1S/C12H24N2O2/c1-8(2)14-12(15)10(4)16-11-6-5-9(3)13-7-11/h8-11,13H,5-7H2,1-4H3,(H,14,15). The average Bonchev–Trinajstić information content (AvgIpc) is 2.20. The Balaban J connectivity index is 2.28. The third kappa shape index (κ3) is 4.49. The predicted octanol–water partition coefficient (Wildman–Crippen LogP) is 1.06. The van der Waals surface area contributed by atoms with E-state index in [1.54, 1.807) is 0 Å². The molecule has 2 N–H and O–H groups in total. The summed E-state index contributed by atoms with van der Waals surface area (Å²) in [5.41, 5.74) is 0. The second kappa shape index (κ2) is 6.21. The lowest BCUT2D eigenvalue weighted by molar-refractivity contribution is -0.136. The molecule has 0 aromatic carbocycles. The molecule has 16 heavy (non-hydrogen) atoms. The second-order valence-corrected chi connectivity index (χ2v) is 4.95. The molecular formula is C12H24N2O2. The Morgan fingerprint density at radius 2 is 2.06 bits per heavy atom. The highest BCUT2D eigenvalue weighted by Crippen LogP contribution is 2.12. The van der Waals surface area contributed by atoms with Gasteiger partial charge < -0.3 is 15.4 Å². The van der Waals surface area contributed by atoms with Crippen molar-refractivity contribution in [2.75, 3.05) is 6.54 Å². The van der Waals surface area contributed by atoms with Crippen LogP contribution >= 0.6 is 0 Å². The van der Waals surface area contributed by atoms with Gasteiger partial charge >= 0.3 is 0 Å². The summed E-state index contributed by atoms with van der Waals surface area (Å²) in [5, 5.41) is 6.22. The van der Waals surface area contributed by atoms with Crippen LogP contribution in [0.1, 0.15) is 40.5 Å². The molecule has 0 radical (unpaired) electrons. The number of carbonyl (C=O) groups is 1. The van der Waals surface area contributed by atoms with Crippen LogP contribution in [0.5, 0.6) is 0 Å². The zero-order chi connectivity index (χ0) is 12.1. The number of hydrogen-bond acceptors (Lipinski definition) is 3.